The summed E-state index contributed by atoms with van der Waals surface area (Å²) in [6.45, 7) is 5.81. The van der Waals surface area contributed by atoms with E-state index in [2.05, 4.69) is 24.1 Å². The van der Waals surface area contributed by atoms with Crippen molar-refractivity contribution in [3.05, 3.63) is 78.1 Å². The molecule has 0 spiro atoms. The van der Waals surface area contributed by atoms with E-state index in [1.807, 2.05) is 42.5 Å². The van der Waals surface area contributed by atoms with Gasteiger partial charge in [0.1, 0.15) is 10.6 Å². The van der Waals surface area contributed by atoms with Crippen LogP contribution in [0.15, 0.2) is 71.8 Å². The van der Waals surface area contributed by atoms with E-state index in [0.717, 1.165) is 44.3 Å². The predicted octanol–water partition coefficient (Wildman–Crippen LogP) is 6.71. The van der Waals surface area contributed by atoms with Gasteiger partial charge in [-0.3, -0.25) is 9.59 Å². The smallest absolute Gasteiger partial charge is 0.240 e. The van der Waals surface area contributed by atoms with Crippen molar-refractivity contribution < 1.29 is 27.5 Å². The Morgan fingerprint density at radius 3 is 2.13 bits per heavy atom. The Morgan fingerprint density at radius 1 is 0.870 bits per heavy atom. The van der Waals surface area contributed by atoms with E-state index < -0.39 is 20.9 Å². The van der Waals surface area contributed by atoms with Gasteiger partial charge in [-0.15, -0.1) is 0 Å². The summed E-state index contributed by atoms with van der Waals surface area (Å²) in [5.41, 5.74) is 2.38. The average molecular weight is 668 g/mol. The molecule has 0 saturated heterocycles. The number of benzene rings is 2. The van der Waals surface area contributed by atoms with E-state index in [-0.39, 0.29) is 39.9 Å². The van der Waals surface area contributed by atoms with Crippen molar-refractivity contribution in [3.63, 3.8) is 0 Å². The maximum Gasteiger partial charge on any atom is 0.240 e. The molecule has 2 heterocycles. The summed E-state index contributed by atoms with van der Waals surface area (Å²) in [6.07, 6.45) is 5.65. The summed E-state index contributed by atoms with van der Waals surface area (Å²) in [6, 6.07) is 17.9. The van der Waals surface area contributed by atoms with Gasteiger partial charge in [0.05, 0.1) is 43.3 Å². The number of pyridine rings is 1. The molecule has 2 aromatic heterocycles. The first kappa shape index (κ1) is 35.0. The van der Waals surface area contributed by atoms with E-state index in [4.69, 9.17) is 21.1 Å². The summed E-state index contributed by atoms with van der Waals surface area (Å²) >= 11 is 5.59. The molecule has 0 aliphatic carbocycles. The molecule has 0 aliphatic rings. The number of fused-ring (bicyclic) bond motifs is 1. The summed E-state index contributed by atoms with van der Waals surface area (Å²) in [5.74, 6) is -0.299. The molecular formula is C35H42ClN3O6S. The molecule has 0 aliphatic heterocycles. The number of halogens is 1. The van der Waals surface area contributed by atoms with Crippen molar-refractivity contribution in [3.8, 4) is 22.6 Å². The second kappa shape index (κ2) is 16.1. The SMILES string of the molecule is CCCCN(CCCC)CCS(=O)(=O)c1c(C(=O)c2c(-c3ccccc3)c(OC)c3ccccn23)ccc(NCC(=O)Cl)c1OC. The highest BCUT2D eigenvalue weighted by Gasteiger charge is 2.34. The van der Waals surface area contributed by atoms with E-state index >= 15 is 0 Å². The van der Waals surface area contributed by atoms with E-state index in [1.54, 1.807) is 23.8 Å². The van der Waals surface area contributed by atoms with Crippen molar-refractivity contribution in [2.75, 3.05) is 51.5 Å². The summed E-state index contributed by atoms with van der Waals surface area (Å²) in [7, 11) is -1.22. The highest BCUT2D eigenvalue weighted by Crippen LogP contribution is 2.43. The Kier molecular flexibility index (Phi) is 12.3. The number of methoxy groups -OCH3 is 2. The standard InChI is InChI=1S/C35H42ClN3O6S/c1-5-7-19-38(20-8-6-2)22-23-46(42,43)35-26(17-18-27(33(35)44-3)37-24-29(36)40)32(41)31-30(25-14-10-9-11-15-25)34(45-4)28-16-12-13-21-39(28)31/h9-18,21,37H,5-8,19-20,22-24H2,1-4H3. The van der Waals surface area contributed by atoms with Crippen molar-refractivity contribution in [2.45, 2.75) is 44.4 Å². The molecule has 0 bridgehead atoms. The van der Waals surface area contributed by atoms with Crippen LogP contribution in [0.25, 0.3) is 16.6 Å². The van der Waals surface area contributed by atoms with E-state index in [0.29, 0.717) is 23.4 Å². The highest BCUT2D eigenvalue weighted by atomic mass is 35.5. The molecule has 0 radical (unpaired) electrons. The van der Waals surface area contributed by atoms with Crippen LogP contribution in [-0.4, -0.2) is 74.9 Å². The number of rotatable bonds is 18. The lowest BCUT2D eigenvalue weighted by atomic mass is 9.99. The van der Waals surface area contributed by atoms with Gasteiger partial charge < -0.3 is 24.1 Å². The second-order valence-electron chi connectivity index (χ2n) is 11.0. The quantitative estimate of drug-likeness (QED) is 0.0922. The van der Waals surface area contributed by atoms with Crippen LogP contribution in [-0.2, 0) is 14.6 Å². The molecule has 4 aromatic rings. The Hall–Kier alpha value is -3.86. The minimum absolute atomic E-state index is 0.0450. The average Bonchev–Trinajstić information content (AvgIpc) is 3.40. The third kappa shape index (κ3) is 7.74. The third-order valence-electron chi connectivity index (χ3n) is 7.90. The molecule has 0 unspecified atom stereocenters. The fraction of sp³-hybridized carbons (Fsp3) is 0.371. The number of sulfone groups is 1. The number of anilines is 1. The van der Waals surface area contributed by atoms with Crippen LogP contribution in [0.5, 0.6) is 11.5 Å². The maximum absolute atomic E-state index is 14.8. The fourth-order valence-corrected chi connectivity index (χ4v) is 7.36. The normalized spacial score (nSPS) is 11.6. The minimum Gasteiger partial charge on any atom is -0.494 e. The monoisotopic (exact) mass is 667 g/mol. The Balaban J connectivity index is 1.93. The fourth-order valence-electron chi connectivity index (χ4n) is 5.62. The molecule has 46 heavy (non-hydrogen) atoms. The molecule has 0 saturated carbocycles. The highest BCUT2D eigenvalue weighted by molar-refractivity contribution is 7.91. The van der Waals surface area contributed by atoms with Crippen LogP contribution in [0.4, 0.5) is 5.69 Å². The number of unbranched alkanes of at least 4 members (excludes halogenated alkanes) is 2. The first-order valence-electron chi connectivity index (χ1n) is 15.5. The van der Waals surface area contributed by atoms with Crippen molar-refractivity contribution >= 4 is 43.7 Å². The topological polar surface area (TPSA) is 106 Å². The van der Waals surface area contributed by atoms with Gasteiger partial charge in [0, 0.05) is 18.3 Å². The number of ketones is 1. The summed E-state index contributed by atoms with van der Waals surface area (Å²) in [4.78, 5) is 28.3. The molecule has 1 N–H and O–H groups in total. The van der Waals surface area contributed by atoms with Gasteiger partial charge in [-0.1, -0.05) is 63.1 Å². The maximum atomic E-state index is 14.8. The van der Waals surface area contributed by atoms with Crippen LogP contribution in [0.2, 0.25) is 0 Å². The van der Waals surface area contributed by atoms with Crippen molar-refractivity contribution in [2.24, 2.45) is 0 Å². The van der Waals surface area contributed by atoms with Crippen LogP contribution < -0.4 is 14.8 Å². The minimum atomic E-state index is -4.11. The van der Waals surface area contributed by atoms with Crippen LogP contribution in [0.3, 0.4) is 0 Å². The predicted molar refractivity (Wildman–Crippen MR) is 183 cm³/mol. The van der Waals surface area contributed by atoms with Gasteiger partial charge in [0.15, 0.2) is 21.3 Å². The number of hydrogen-bond donors (Lipinski definition) is 1. The molecule has 11 heteroatoms. The van der Waals surface area contributed by atoms with E-state index in [9.17, 15) is 18.0 Å². The second-order valence-corrected chi connectivity index (χ2v) is 13.5. The Morgan fingerprint density at radius 2 is 1.52 bits per heavy atom. The molecule has 2 aromatic carbocycles. The lowest BCUT2D eigenvalue weighted by Crippen LogP contribution is -2.32. The molecule has 0 atom stereocenters. The molecule has 0 fully saturated rings. The number of nitrogens with one attached hydrogen (secondary N) is 1. The molecular weight excluding hydrogens is 626 g/mol. The van der Waals surface area contributed by atoms with Crippen LogP contribution in [0, 0.1) is 0 Å². The third-order valence-corrected chi connectivity index (χ3v) is 9.78. The molecule has 246 valence electrons. The van der Waals surface area contributed by atoms with Crippen molar-refractivity contribution in [1.29, 1.82) is 0 Å². The molecule has 0 amide bonds. The van der Waals surface area contributed by atoms with Crippen LogP contribution in [0.1, 0.15) is 55.6 Å². The van der Waals surface area contributed by atoms with Gasteiger partial charge in [-0.05, 0) is 67.4 Å². The lowest BCUT2D eigenvalue weighted by molar-refractivity contribution is -0.110. The van der Waals surface area contributed by atoms with Gasteiger partial charge in [-0.25, -0.2) is 8.42 Å². The molecule has 9 nitrogen and oxygen atoms in total. The van der Waals surface area contributed by atoms with Crippen molar-refractivity contribution in [1.82, 2.24) is 9.30 Å². The zero-order chi connectivity index (χ0) is 33.3. The number of hydrogen-bond acceptors (Lipinski definition) is 8. The van der Waals surface area contributed by atoms with E-state index in [1.165, 1.54) is 19.2 Å². The summed E-state index contributed by atoms with van der Waals surface area (Å²) < 4.78 is 42.0. The number of carbonyl (C=O) groups excluding carboxylic acids is 2. The number of ether oxygens (including phenoxy) is 2. The largest absolute Gasteiger partial charge is 0.494 e. The summed E-state index contributed by atoms with van der Waals surface area (Å²) in [5, 5.41) is 2.21. The van der Waals surface area contributed by atoms with Gasteiger partial charge in [-0.2, -0.15) is 0 Å². The van der Waals surface area contributed by atoms with Gasteiger partial charge in [0.2, 0.25) is 11.0 Å². The first-order chi connectivity index (χ1) is 22.2. The zero-order valence-electron chi connectivity index (χ0n) is 26.8. The number of carbonyl (C=O) groups is 2. The van der Waals surface area contributed by atoms with Gasteiger partial charge >= 0.3 is 0 Å². The first-order valence-corrected chi connectivity index (χ1v) is 17.6. The zero-order valence-corrected chi connectivity index (χ0v) is 28.4. The molecule has 4 rings (SSSR count). The Labute approximate surface area is 276 Å². The number of aromatic nitrogens is 1. The Bertz CT molecular complexity index is 1760. The number of nitrogens with zero attached hydrogens (tertiary/aromatic N) is 2. The van der Waals surface area contributed by atoms with Crippen LogP contribution >= 0.6 is 11.6 Å². The van der Waals surface area contributed by atoms with Gasteiger partial charge in [0.25, 0.3) is 0 Å². The lowest BCUT2D eigenvalue weighted by Gasteiger charge is -2.23.